The van der Waals surface area contributed by atoms with Gasteiger partial charge in [-0.05, 0) is 67.8 Å². The summed E-state index contributed by atoms with van der Waals surface area (Å²) in [5.74, 6) is -1.57. The number of fused-ring (bicyclic) bond motifs is 1. The Labute approximate surface area is 150 Å². The molecule has 2 rings (SSSR count). The summed E-state index contributed by atoms with van der Waals surface area (Å²) in [6, 6.07) is 0. The molecular weight excluding hydrogens is 320 g/mol. The maximum atomic E-state index is 12.0. The molecule has 2 fully saturated rings. The first-order valence-corrected chi connectivity index (χ1v) is 9.34. The molecule has 2 aliphatic carbocycles. The molecule has 0 aromatic heterocycles. The number of aliphatic hydroxyl groups is 1. The van der Waals surface area contributed by atoms with Crippen LogP contribution in [0.4, 0.5) is 0 Å². The number of carboxylic acid groups (broad SMARTS) is 2. The molecule has 3 N–H and O–H groups in total. The van der Waals surface area contributed by atoms with Gasteiger partial charge in [0.1, 0.15) is 0 Å². The van der Waals surface area contributed by atoms with E-state index in [4.69, 9.17) is 5.11 Å². The van der Waals surface area contributed by atoms with Gasteiger partial charge in [-0.25, -0.2) is 0 Å². The third-order valence-electron chi connectivity index (χ3n) is 7.07. The van der Waals surface area contributed by atoms with Gasteiger partial charge in [0.25, 0.3) is 0 Å². The van der Waals surface area contributed by atoms with Crippen LogP contribution in [0.5, 0.6) is 0 Å². The maximum Gasteiger partial charge on any atom is 0.309 e. The quantitative estimate of drug-likeness (QED) is 0.633. The third-order valence-corrected chi connectivity index (χ3v) is 7.07. The summed E-state index contributed by atoms with van der Waals surface area (Å²) in [4.78, 5) is 22.9. The van der Waals surface area contributed by atoms with Crippen LogP contribution >= 0.6 is 0 Å². The average molecular weight is 352 g/mol. The summed E-state index contributed by atoms with van der Waals surface area (Å²) in [6.45, 7) is 10.0. The van der Waals surface area contributed by atoms with E-state index in [-0.39, 0.29) is 29.6 Å². The Morgan fingerprint density at radius 2 is 1.92 bits per heavy atom. The van der Waals surface area contributed by atoms with E-state index in [1.165, 1.54) is 0 Å². The van der Waals surface area contributed by atoms with Crippen LogP contribution in [0.25, 0.3) is 0 Å². The largest absolute Gasteiger partial charge is 0.481 e. The molecule has 0 bridgehead atoms. The lowest BCUT2D eigenvalue weighted by Crippen LogP contribution is -2.56. The Bertz CT molecular complexity index is 556. The molecule has 2 aliphatic rings. The minimum absolute atomic E-state index is 0.0384. The van der Waals surface area contributed by atoms with E-state index in [0.717, 1.165) is 31.3 Å². The van der Waals surface area contributed by atoms with Crippen LogP contribution in [-0.2, 0) is 9.59 Å². The molecule has 5 heteroatoms. The molecule has 2 saturated carbocycles. The molecule has 0 spiro atoms. The number of hydrogen-bond acceptors (Lipinski definition) is 3. The van der Waals surface area contributed by atoms with Gasteiger partial charge < -0.3 is 15.3 Å². The Hall–Kier alpha value is -1.36. The second kappa shape index (κ2) is 7.10. The van der Waals surface area contributed by atoms with Gasteiger partial charge in [0.15, 0.2) is 0 Å². The molecule has 0 aromatic carbocycles. The van der Waals surface area contributed by atoms with Gasteiger partial charge in [0.2, 0.25) is 0 Å². The van der Waals surface area contributed by atoms with Crippen molar-refractivity contribution in [3.63, 3.8) is 0 Å². The molecule has 0 aliphatic heterocycles. The molecule has 0 saturated heterocycles. The van der Waals surface area contributed by atoms with E-state index < -0.39 is 23.5 Å². The first-order chi connectivity index (χ1) is 11.5. The smallest absolute Gasteiger partial charge is 0.309 e. The van der Waals surface area contributed by atoms with Crippen LogP contribution in [0.3, 0.4) is 0 Å². The molecular formula is C20H32O5. The summed E-state index contributed by atoms with van der Waals surface area (Å²) in [5.41, 5.74) is -0.222. The summed E-state index contributed by atoms with van der Waals surface area (Å²) in [7, 11) is 0. The van der Waals surface area contributed by atoms with Crippen molar-refractivity contribution in [2.75, 3.05) is 0 Å². The zero-order valence-electron chi connectivity index (χ0n) is 15.6. The lowest BCUT2D eigenvalue weighted by Gasteiger charge is -2.58. The Balaban J connectivity index is 2.26. The second-order valence-corrected chi connectivity index (χ2v) is 8.79. The highest BCUT2D eigenvalue weighted by molar-refractivity contribution is 5.75. The SMILES string of the molecule is C=C1[C@H](O)C[C@@H]2[C@](C)(CCC[C@@]2(C)C(=O)O)[C@H]1CC[C@@H](C)CC(=O)O. The Kier molecular flexibility index (Phi) is 5.67. The number of aliphatic hydroxyl groups excluding tert-OH is 1. The van der Waals surface area contributed by atoms with Crippen molar-refractivity contribution in [2.45, 2.75) is 71.8 Å². The Morgan fingerprint density at radius 1 is 1.28 bits per heavy atom. The molecule has 0 heterocycles. The van der Waals surface area contributed by atoms with Gasteiger partial charge in [-0.1, -0.05) is 26.8 Å². The molecule has 0 radical (unpaired) electrons. The van der Waals surface area contributed by atoms with E-state index in [0.29, 0.717) is 12.8 Å². The van der Waals surface area contributed by atoms with Crippen molar-refractivity contribution in [1.82, 2.24) is 0 Å². The first-order valence-electron chi connectivity index (χ1n) is 9.34. The van der Waals surface area contributed by atoms with Gasteiger partial charge in [0, 0.05) is 6.42 Å². The molecule has 25 heavy (non-hydrogen) atoms. The number of carboxylic acids is 2. The van der Waals surface area contributed by atoms with E-state index in [9.17, 15) is 19.8 Å². The van der Waals surface area contributed by atoms with Gasteiger partial charge in [-0.3, -0.25) is 9.59 Å². The van der Waals surface area contributed by atoms with Crippen LogP contribution in [0.1, 0.15) is 65.7 Å². The average Bonchev–Trinajstić information content (AvgIpc) is 2.49. The van der Waals surface area contributed by atoms with Gasteiger partial charge >= 0.3 is 11.9 Å². The van der Waals surface area contributed by atoms with E-state index in [1.54, 1.807) is 0 Å². The standard InChI is InChI=1S/C20H32O5/c1-12(10-17(22)23)6-7-14-13(2)15(21)11-16-19(14,3)8-5-9-20(16,4)18(24)25/h12,14-16,21H,2,5-11H2,1,3-4H3,(H,22,23)(H,24,25)/t12-,14+,15-,16-,19-,20-/m1/s1. The van der Waals surface area contributed by atoms with E-state index in [2.05, 4.69) is 13.5 Å². The van der Waals surface area contributed by atoms with Gasteiger partial charge in [-0.2, -0.15) is 0 Å². The molecule has 0 amide bonds. The van der Waals surface area contributed by atoms with Crippen molar-refractivity contribution >= 4 is 11.9 Å². The van der Waals surface area contributed by atoms with Gasteiger partial charge in [-0.15, -0.1) is 0 Å². The van der Waals surface area contributed by atoms with Gasteiger partial charge in [0.05, 0.1) is 11.5 Å². The fraction of sp³-hybridized carbons (Fsp3) is 0.800. The maximum absolute atomic E-state index is 12.0. The van der Waals surface area contributed by atoms with Crippen molar-refractivity contribution < 1.29 is 24.9 Å². The van der Waals surface area contributed by atoms with Crippen LogP contribution in [0, 0.1) is 28.6 Å². The number of aliphatic carboxylic acids is 2. The molecule has 142 valence electrons. The molecule has 6 atom stereocenters. The predicted molar refractivity (Wildman–Crippen MR) is 95.1 cm³/mol. The third kappa shape index (κ3) is 3.62. The highest BCUT2D eigenvalue weighted by Crippen LogP contribution is 2.62. The zero-order valence-corrected chi connectivity index (χ0v) is 15.6. The summed E-state index contributed by atoms with van der Waals surface area (Å²) >= 11 is 0. The van der Waals surface area contributed by atoms with Crippen molar-refractivity contribution in [3.05, 3.63) is 12.2 Å². The van der Waals surface area contributed by atoms with Crippen LogP contribution in [0.2, 0.25) is 0 Å². The summed E-state index contributed by atoms with van der Waals surface area (Å²) in [5, 5.41) is 29.3. The fourth-order valence-corrected chi connectivity index (χ4v) is 5.51. The van der Waals surface area contributed by atoms with Crippen molar-refractivity contribution in [2.24, 2.45) is 28.6 Å². The highest BCUT2D eigenvalue weighted by atomic mass is 16.4. The molecule has 5 nitrogen and oxygen atoms in total. The van der Waals surface area contributed by atoms with Crippen molar-refractivity contribution in [3.8, 4) is 0 Å². The van der Waals surface area contributed by atoms with Crippen LogP contribution in [0.15, 0.2) is 12.2 Å². The zero-order chi connectivity index (χ0) is 19.0. The molecule has 0 unspecified atom stereocenters. The number of carbonyl (C=O) groups is 2. The van der Waals surface area contributed by atoms with E-state index >= 15 is 0 Å². The fourth-order valence-electron chi connectivity index (χ4n) is 5.51. The lowest BCUT2D eigenvalue weighted by molar-refractivity contribution is -0.167. The lowest BCUT2D eigenvalue weighted by atomic mass is 9.46. The summed E-state index contributed by atoms with van der Waals surface area (Å²) in [6.07, 6.45) is 3.86. The Morgan fingerprint density at radius 3 is 2.48 bits per heavy atom. The van der Waals surface area contributed by atoms with E-state index in [1.807, 2.05) is 13.8 Å². The topological polar surface area (TPSA) is 94.8 Å². The first kappa shape index (κ1) is 20.0. The summed E-state index contributed by atoms with van der Waals surface area (Å²) < 4.78 is 0. The highest BCUT2D eigenvalue weighted by Gasteiger charge is 2.59. The predicted octanol–water partition coefficient (Wildman–Crippen LogP) is 3.71. The second-order valence-electron chi connectivity index (χ2n) is 8.79. The number of hydrogen-bond donors (Lipinski definition) is 3. The van der Waals surface area contributed by atoms with Crippen molar-refractivity contribution in [1.29, 1.82) is 0 Å². The number of rotatable bonds is 6. The normalized spacial score (nSPS) is 39.5. The van der Waals surface area contributed by atoms with Crippen LogP contribution < -0.4 is 0 Å². The monoisotopic (exact) mass is 352 g/mol. The molecule has 0 aromatic rings. The minimum Gasteiger partial charge on any atom is -0.481 e. The van der Waals surface area contributed by atoms with Crippen LogP contribution in [-0.4, -0.2) is 33.4 Å². The minimum atomic E-state index is -0.820.